The average Bonchev–Trinajstić information content (AvgIpc) is 2.05. The van der Waals surface area contributed by atoms with Crippen molar-refractivity contribution in [3.63, 3.8) is 0 Å². The van der Waals surface area contributed by atoms with Gasteiger partial charge in [0.2, 0.25) is 0 Å². The summed E-state index contributed by atoms with van der Waals surface area (Å²) >= 11 is 0. The van der Waals surface area contributed by atoms with Crippen molar-refractivity contribution >= 4 is 5.97 Å². The van der Waals surface area contributed by atoms with E-state index in [1.165, 1.54) is 31.5 Å². The smallest absolute Gasteiger partial charge is 0.337 e. The highest BCUT2D eigenvalue weighted by Crippen LogP contribution is 1.97. The van der Waals surface area contributed by atoms with Crippen molar-refractivity contribution in [3.05, 3.63) is 36.6 Å². The molecular weight excluding hydrogens is 142 g/mol. The molecule has 0 aliphatic rings. The molecule has 0 atom stereocenters. The third-order valence-electron chi connectivity index (χ3n) is 1.03. The van der Waals surface area contributed by atoms with Crippen LogP contribution in [-0.2, 0) is 9.53 Å². The molecule has 0 bridgehead atoms. The molecule has 0 aromatic heterocycles. The molecule has 0 amide bonds. The molecule has 60 valence electrons. The van der Waals surface area contributed by atoms with Crippen molar-refractivity contribution in [1.82, 2.24) is 0 Å². The van der Waals surface area contributed by atoms with E-state index in [9.17, 15) is 4.79 Å². The Balaban J connectivity index is 4.38. The fraction of sp³-hybridized carbons (Fsp3) is 0.125. The first-order chi connectivity index (χ1) is 5.26. The first-order valence-electron chi connectivity index (χ1n) is 3.05. The summed E-state index contributed by atoms with van der Waals surface area (Å²) in [7, 11) is 1.31. The largest absolute Gasteiger partial charge is 0.465 e. The second-order valence-corrected chi connectivity index (χ2v) is 1.70. The van der Waals surface area contributed by atoms with Crippen LogP contribution in [0, 0.1) is 0 Å². The number of nitrogens with two attached hydrogens (primary N) is 1. The Labute approximate surface area is 65.8 Å². The van der Waals surface area contributed by atoms with E-state index >= 15 is 0 Å². The van der Waals surface area contributed by atoms with Gasteiger partial charge in [0, 0.05) is 0 Å². The number of esters is 1. The first-order valence-corrected chi connectivity index (χ1v) is 3.05. The number of methoxy groups -OCH3 is 1. The molecule has 0 fully saturated rings. The Morgan fingerprint density at radius 2 is 2.27 bits per heavy atom. The lowest BCUT2D eigenvalue weighted by molar-refractivity contribution is -0.135. The lowest BCUT2D eigenvalue weighted by atomic mass is 10.2. The van der Waals surface area contributed by atoms with E-state index in [1.807, 2.05) is 0 Å². The van der Waals surface area contributed by atoms with Gasteiger partial charge in [-0.3, -0.25) is 0 Å². The molecular formula is C8H11NO2. The van der Waals surface area contributed by atoms with Crippen LogP contribution >= 0.6 is 0 Å². The molecule has 11 heavy (non-hydrogen) atoms. The quantitative estimate of drug-likeness (QED) is 0.369. The van der Waals surface area contributed by atoms with Crippen LogP contribution in [0.3, 0.4) is 0 Å². The Morgan fingerprint density at radius 3 is 2.64 bits per heavy atom. The van der Waals surface area contributed by atoms with E-state index in [-0.39, 0.29) is 0 Å². The van der Waals surface area contributed by atoms with E-state index in [0.29, 0.717) is 5.57 Å². The van der Waals surface area contributed by atoms with Crippen molar-refractivity contribution in [2.24, 2.45) is 5.73 Å². The second kappa shape index (κ2) is 5.29. The van der Waals surface area contributed by atoms with E-state index in [2.05, 4.69) is 11.3 Å². The van der Waals surface area contributed by atoms with Gasteiger partial charge in [-0.2, -0.15) is 0 Å². The van der Waals surface area contributed by atoms with Crippen LogP contribution in [0.4, 0.5) is 0 Å². The molecule has 0 aromatic carbocycles. The zero-order chi connectivity index (χ0) is 8.69. The van der Waals surface area contributed by atoms with Crippen LogP contribution in [0.25, 0.3) is 0 Å². The zero-order valence-corrected chi connectivity index (χ0v) is 6.41. The van der Waals surface area contributed by atoms with Crippen LogP contribution < -0.4 is 5.73 Å². The molecule has 2 N–H and O–H groups in total. The maximum absolute atomic E-state index is 10.8. The molecule has 0 saturated heterocycles. The zero-order valence-electron chi connectivity index (χ0n) is 6.41. The number of hydrogen-bond donors (Lipinski definition) is 1. The van der Waals surface area contributed by atoms with E-state index < -0.39 is 5.97 Å². The standard InChI is InChI=1S/C8H11NO2/c1-3-7(5-4-6-9)8(10)11-2/h3-6H,1,9H2,2H3/b6-4-,7-5+. The molecule has 3 nitrogen and oxygen atoms in total. The molecule has 0 saturated carbocycles. The molecule has 0 heterocycles. The highest BCUT2D eigenvalue weighted by Gasteiger charge is 2.01. The van der Waals surface area contributed by atoms with E-state index in [0.717, 1.165) is 0 Å². The number of rotatable bonds is 3. The number of ether oxygens (including phenoxy) is 1. The average molecular weight is 153 g/mol. The van der Waals surface area contributed by atoms with Crippen molar-refractivity contribution in [2.45, 2.75) is 0 Å². The molecule has 0 spiro atoms. The van der Waals surface area contributed by atoms with Gasteiger partial charge in [-0.15, -0.1) is 0 Å². The number of hydrogen-bond acceptors (Lipinski definition) is 3. The molecule has 0 radical (unpaired) electrons. The minimum absolute atomic E-state index is 0.384. The van der Waals surface area contributed by atoms with Crippen molar-refractivity contribution in [1.29, 1.82) is 0 Å². The summed E-state index contributed by atoms with van der Waals surface area (Å²) in [5, 5.41) is 0. The Kier molecular flexibility index (Phi) is 4.56. The first kappa shape index (κ1) is 9.49. The van der Waals surface area contributed by atoms with Gasteiger partial charge in [-0.25, -0.2) is 4.79 Å². The van der Waals surface area contributed by atoms with Crippen molar-refractivity contribution < 1.29 is 9.53 Å². The van der Waals surface area contributed by atoms with Crippen LogP contribution in [0.5, 0.6) is 0 Å². The molecule has 0 aliphatic heterocycles. The summed E-state index contributed by atoms with van der Waals surface area (Å²) in [6.45, 7) is 3.44. The molecule has 0 unspecified atom stereocenters. The molecule has 3 heteroatoms. The summed E-state index contributed by atoms with van der Waals surface area (Å²) in [6.07, 6.45) is 5.80. The van der Waals surface area contributed by atoms with Gasteiger partial charge < -0.3 is 10.5 Å². The summed E-state index contributed by atoms with van der Waals surface area (Å²) < 4.78 is 4.45. The molecule has 0 aliphatic carbocycles. The minimum atomic E-state index is -0.418. The summed E-state index contributed by atoms with van der Waals surface area (Å²) in [5.41, 5.74) is 5.45. The van der Waals surface area contributed by atoms with Gasteiger partial charge >= 0.3 is 5.97 Å². The number of allylic oxidation sites excluding steroid dienone is 2. The van der Waals surface area contributed by atoms with Gasteiger partial charge in [-0.05, 0) is 18.4 Å². The second-order valence-electron chi connectivity index (χ2n) is 1.70. The predicted octanol–water partition coefficient (Wildman–Crippen LogP) is 0.744. The highest BCUT2D eigenvalue weighted by molar-refractivity contribution is 5.91. The topological polar surface area (TPSA) is 52.3 Å². The van der Waals surface area contributed by atoms with Gasteiger partial charge in [-0.1, -0.05) is 12.7 Å². The minimum Gasteiger partial charge on any atom is -0.465 e. The highest BCUT2D eigenvalue weighted by atomic mass is 16.5. The lowest BCUT2D eigenvalue weighted by Crippen LogP contribution is -2.01. The third kappa shape index (κ3) is 3.25. The van der Waals surface area contributed by atoms with Crippen LogP contribution in [0.2, 0.25) is 0 Å². The van der Waals surface area contributed by atoms with Crippen LogP contribution in [0.15, 0.2) is 36.6 Å². The van der Waals surface area contributed by atoms with Gasteiger partial charge in [0.15, 0.2) is 0 Å². The maximum atomic E-state index is 10.8. The van der Waals surface area contributed by atoms with Crippen molar-refractivity contribution in [2.75, 3.05) is 7.11 Å². The van der Waals surface area contributed by atoms with Gasteiger partial charge in [0.1, 0.15) is 0 Å². The maximum Gasteiger partial charge on any atom is 0.337 e. The molecule has 0 aromatic rings. The summed E-state index contributed by atoms with van der Waals surface area (Å²) in [5.74, 6) is -0.418. The SMILES string of the molecule is C=C/C(=C\C=C/N)C(=O)OC. The monoisotopic (exact) mass is 153 g/mol. The summed E-state index contributed by atoms with van der Waals surface area (Å²) in [6, 6.07) is 0. The van der Waals surface area contributed by atoms with Crippen LogP contribution in [0.1, 0.15) is 0 Å². The molecule has 0 rings (SSSR count). The third-order valence-corrected chi connectivity index (χ3v) is 1.03. The number of carbonyl (C=O) groups is 1. The van der Waals surface area contributed by atoms with E-state index in [4.69, 9.17) is 5.73 Å². The van der Waals surface area contributed by atoms with Crippen molar-refractivity contribution in [3.8, 4) is 0 Å². The Hall–Kier alpha value is -1.51. The Morgan fingerprint density at radius 1 is 1.64 bits per heavy atom. The van der Waals surface area contributed by atoms with Gasteiger partial charge in [0.25, 0.3) is 0 Å². The fourth-order valence-corrected chi connectivity index (χ4v) is 0.496. The fourth-order valence-electron chi connectivity index (χ4n) is 0.496. The van der Waals surface area contributed by atoms with E-state index in [1.54, 1.807) is 0 Å². The van der Waals surface area contributed by atoms with Gasteiger partial charge in [0.05, 0.1) is 12.7 Å². The predicted molar refractivity (Wildman–Crippen MR) is 43.6 cm³/mol. The van der Waals surface area contributed by atoms with Crippen LogP contribution in [-0.4, -0.2) is 13.1 Å². The summed E-state index contributed by atoms with van der Waals surface area (Å²) in [4.78, 5) is 10.8. The number of carbonyl (C=O) groups excluding carboxylic acids is 1. The Bertz CT molecular complexity index is 204. The lowest BCUT2D eigenvalue weighted by Gasteiger charge is -1.95. The normalized spacial score (nSPS) is 11.5.